The van der Waals surface area contributed by atoms with Crippen molar-refractivity contribution in [2.24, 2.45) is 0 Å². The van der Waals surface area contributed by atoms with Crippen LogP contribution >= 0.6 is 46.0 Å². The van der Waals surface area contributed by atoms with Gasteiger partial charge in [0.05, 0.1) is 16.9 Å². The Morgan fingerprint density at radius 3 is 2.75 bits per heavy atom. The number of aromatic nitrogens is 2. The molecule has 1 fully saturated rings. The summed E-state index contributed by atoms with van der Waals surface area (Å²) in [4.78, 5) is 4.73. The molecule has 1 saturated carbocycles. The van der Waals surface area contributed by atoms with Crippen LogP contribution in [0.4, 0.5) is 0 Å². The zero-order chi connectivity index (χ0) is 14.1. The van der Waals surface area contributed by atoms with E-state index in [4.69, 9.17) is 16.6 Å². The van der Waals surface area contributed by atoms with Gasteiger partial charge in [0.2, 0.25) is 0 Å². The second-order valence-electron chi connectivity index (χ2n) is 5.33. The van der Waals surface area contributed by atoms with Crippen molar-refractivity contribution in [2.45, 2.75) is 42.9 Å². The average Bonchev–Trinajstić information content (AvgIpc) is 2.84. The third-order valence-corrected chi connectivity index (χ3v) is 6.23. The largest absolute Gasteiger partial charge is 0.324 e. The Morgan fingerprint density at radius 1 is 1.35 bits per heavy atom. The summed E-state index contributed by atoms with van der Waals surface area (Å²) in [6.45, 7) is 0. The first-order valence-electron chi connectivity index (χ1n) is 6.98. The Hall–Kier alpha value is 0.0600. The molecule has 0 N–H and O–H groups in total. The van der Waals surface area contributed by atoms with E-state index in [1.54, 1.807) is 0 Å². The highest BCUT2D eigenvalue weighted by Gasteiger charge is 2.25. The Balaban J connectivity index is 1.97. The molecule has 108 valence electrons. The number of halogens is 2. The van der Waals surface area contributed by atoms with Crippen LogP contribution in [0, 0.1) is 3.57 Å². The van der Waals surface area contributed by atoms with Gasteiger partial charge in [-0.3, -0.25) is 0 Å². The number of nitrogens with zero attached hydrogens (tertiary/aromatic N) is 2. The summed E-state index contributed by atoms with van der Waals surface area (Å²) in [6.07, 6.45) is 7.32. The average molecular weight is 421 g/mol. The van der Waals surface area contributed by atoms with Crippen molar-refractivity contribution in [3.8, 4) is 0 Å². The van der Waals surface area contributed by atoms with Crippen LogP contribution in [-0.4, -0.2) is 21.1 Å². The van der Waals surface area contributed by atoms with Gasteiger partial charge in [0, 0.05) is 14.9 Å². The molecule has 5 heteroatoms. The van der Waals surface area contributed by atoms with E-state index in [0.717, 1.165) is 16.6 Å². The lowest BCUT2D eigenvalue weighted by atomic mass is 9.94. The quantitative estimate of drug-likeness (QED) is 0.500. The molecular weight excluding hydrogens is 403 g/mol. The smallest absolute Gasteiger partial charge is 0.125 e. The Kier molecular flexibility index (Phi) is 4.82. The highest BCUT2D eigenvalue weighted by Crippen LogP contribution is 2.36. The molecule has 3 rings (SSSR count). The van der Waals surface area contributed by atoms with E-state index >= 15 is 0 Å². The maximum Gasteiger partial charge on any atom is 0.125 e. The lowest BCUT2D eigenvalue weighted by Gasteiger charge is -2.29. The Labute approximate surface area is 142 Å². The third kappa shape index (κ3) is 2.83. The number of alkyl halides is 1. The number of imidazole rings is 1. The monoisotopic (exact) mass is 420 g/mol. The molecule has 1 aliphatic rings. The molecule has 1 aliphatic carbocycles. The van der Waals surface area contributed by atoms with Crippen molar-refractivity contribution in [1.29, 1.82) is 0 Å². The molecule has 0 saturated heterocycles. The van der Waals surface area contributed by atoms with E-state index < -0.39 is 0 Å². The Bertz CT molecular complexity index is 605. The van der Waals surface area contributed by atoms with Gasteiger partial charge in [0.25, 0.3) is 0 Å². The summed E-state index contributed by atoms with van der Waals surface area (Å²) in [7, 11) is 0. The molecule has 20 heavy (non-hydrogen) atoms. The van der Waals surface area contributed by atoms with E-state index in [-0.39, 0.29) is 0 Å². The first-order valence-corrected chi connectivity index (χ1v) is 9.88. The van der Waals surface area contributed by atoms with Gasteiger partial charge < -0.3 is 4.57 Å². The van der Waals surface area contributed by atoms with Crippen LogP contribution in [0.15, 0.2) is 18.2 Å². The van der Waals surface area contributed by atoms with Gasteiger partial charge in [0.15, 0.2) is 0 Å². The molecule has 0 unspecified atom stereocenters. The number of rotatable bonds is 3. The van der Waals surface area contributed by atoms with E-state index in [9.17, 15) is 0 Å². The molecular formula is C15H18ClIN2S. The van der Waals surface area contributed by atoms with Gasteiger partial charge >= 0.3 is 0 Å². The molecule has 1 aromatic heterocycles. The van der Waals surface area contributed by atoms with Crippen molar-refractivity contribution >= 4 is 57.0 Å². The molecule has 0 amide bonds. The maximum absolute atomic E-state index is 6.13. The van der Waals surface area contributed by atoms with Gasteiger partial charge in [0.1, 0.15) is 5.82 Å². The minimum absolute atomic E-state index is 0.494. The first-order chi connectivity index (χ1) is 9.72. The van der Waals surface area contributed by atoms with Gasteiger partial charge in [-0.1, -0.05) is 0 Å². The van der Waals surface area contributed by atoms with E-state index in [1.807, 2.05) is 11.8 Å². The first kappa shape index (κ1) is 15.0. The van der Waals surface area contributed by atoms with E-state index in [0.29, 0.717) is 11.9 Å². The molecule has 0 radical (unpaired) electrons. The lowest BCUT2D eigenvalue weighted by molar-refractivity contribution is 0.361. The van der Waals surface area contributed by atoms with Crippen LogP contribution < -0.4 is 0 Å². The number of hydrogen-bond acceptors (Lipinski definition) is 2. The molecule has 0 bridgehead atoms. The molecule has 1 aromatic carbocycles. The van der Waals surface area contributed by atoms with E-state index in [2.05, 4.69) is 51.6 Å². The summed E-state index contributed by atoms with van der Waals surface area (Å²) in [5.74, 6) is 1.52. The molecule has 1 heterocycles. The van der Waals surface area contributed by atoms with Crippen LogP contribution in [0.3, 0.4) is 0 Å². The highest BCUT2D eigenvalue weighted by molar-refractivity contribution is 14.1. The summed E-state index contributed by atoms with van der Waals surface area (Å²) in [5, 5.41) is 0.835. The van der Waals surface area contributed by atoms with Crippen molar-refractivity contribution in [3.63, 3.8) is 0 Å². The molecule has 0 atom stereocenters. The van der Waals surface area contributed by atoms with Crippen LogP contribution in [0.2, 0.25) is 0 Å². The van der Waals surface area contributed by atoms with Gasteiger partial charge in [-0.2, -0.15) is 11.8 Å². The summed E-state index contributed by atoms with van der Waals surface area (Å²) in [5.41, 5.74) is 2.33. The fourth-order valence-electron chi connectivity index (χ4n) is 3.16. The predicted molar refractivity (Wildman–Crippen MR) is 96.8 cm³/mol. The zero-order valence-corrected chi connectivity index (χ0v) is 15.2. The molecule has 2 aromatic rings. The zero-order valence-electron chi connectivity index (χ0n) is 11.5. The minimum atomic E-state index is 0.494. The predicted octanol–water partition coefficient (Wildman–Crippen LogP) is 5.23. The van der Waals surface area contributed by atoms with Crippen LogP contribution in [0.25, 0.3) is 11.0 Å². The number of thioether (sulfide) groups is 1. The van der Waals surface area contributed by atoms with Crippen LogP contribution in [0.5, 0.6) is 0 Å². The SMILES string of the molecule is CSC1CCC(n2c(CCl)nc3cc(I)ccc32)CC1. The maximum atomic E-state index is 6.13. The van der Waals surface area contributed by atoms with Gasteiger partial charge in [-0.15, -0.1) is 11.6 Å². The molecule has 0 spiro atoms. The second kappa shape index (κ2) is 6.44. The Morgan fingerprint density at radius 2 is 2.10 bits per heavy atom. The van der Waals surface area contributed by atoms with Gasteiger partial charge in [-0.05, 0) is 72.7 Å². The fraction of sp³-hybridized carbons (Fsp3) is 0.533. The lowest BCUT2D eigenvalue weighted by Crippen LogP contribution is -2.20. The van der Waals surface area contributed by atoms with Crippen molar-refractivity contribution in [2.75, 3.05) is 6.26 Å². The van der Waals surface area contributed by atoms with Gasteiger partial charge in [-0.25, -0.2) is 4.98 Å². The van der Waals surface area contributed by atoms with Crippen molar-refractivity contribution in [1.82, 2.24) is 9.55 Å². The summed E-state index contributed by atoms with van der Waals surface area (Å²) < 4.78 is 3.63. The standard InChI is InChI=1S/C15H18ClIN2S/c1-20-12-5-3-11(4-6-12)19-14-7-2-10(17)8-13(14)18-15(19)9-16/h2,7-8,11-12H,3-6,9H2,1H3. The highest BCUT2D eigenvalue weighted by atomic mass is 127. The molecule has 0 aliphatic heterocycles. The van der Waals surface area contributed by atoms with E-state index in [1.165, 1.54) is 34.8 Å². The molecule has 2 nitrogen and oxygen atoms in total. The normalized spacial score (nSPS) is 23.4. The van der Waals surface area contributed by atoms with Crippen LogP contribution in [0.1, 0.15) is 37.5 Å². The van der Waals surface area contributed by atoms with Crippen molar-refractivity contribution in [3.05, 3.63) is 27.6 Å². The van der Waals surface area contributed by atoms with Crippen molar-refractivity contribution < 1.29 is 0 Å². The fourth-order valence-corrected chi connectivity index (χ4v) is 4.57. The van der Waals surface area contributed by atoms with Crippen LogP contribution in [-0.2, 0) is 5.88 Å². The number of benzene rings is 1. The minimum Gasteiger partial charge on any atom is -0.324 e. The number of hydrogen-bond donors (Lipinski definition) is 0. The summed E-state index contributed by atoms with van der Waals surface area (Å²) >= 11 is 10.5. The second-order valence-corrected chi connectivity index (χ2v) is 7.98. The summed E-state index contributed by atoms with van der Waals surface area (Å²) in [6, 6.07) is 7.07. The third-order valence-electron chi connectivity index (χ3n) is 4.19. The topological polar surface area (TPSA) is 17.8 Å². The number of fused-ring (bicyclic) bond motifs is 1.